The molecule has 6 nitrogen and oxygen atoms in total. The molecule has 1 heterocycles. The van der Waals surface area contributed by atoms with Crippen molar-refractivity contribution >= 4 is 29.1 Å². The third-order valence-corrected chi connectivity index (χ3v) is 4.88. The molecule has 0 bridgehead atoms. The Morgan fingerprint density at radius 3 is 2.42 bits per heavy atom. The Morgan fingerprint density at radius 2 is 1.85 bits per heavy atom. The average molecular weight is 378 g/mol. The minimum Gasteiger partial charge on any atom is -0.480 e. The van der Waals surface area contributed by atoms with Crippen molar-refractivity contribution in [2.45, 2.75) is 19.9 Å². The van der Waals surface area contributed by atoms with Gasteiger partial charge in [0.1, 0.15) is 11.9 Å². The standard InChI is InChI=1S/C18H19FN2O4S/c1-11(18(24)25)21(10-9-20-12(2)22)17(23)16-8-7-15(26-16)13-3-5-14(19)6-4-13/h3-8,11H,9-10H2,1-2H3,(H,20,22)(H,24,25). The lowest BCUT2D eigenvalue weighted by Crippen LogP contribution is -2.46. The lowest BCUT2D eigenvalue weighted by atomic mass is 10.2. The van der Waals surface area contributed by atoms with Crippen molar-refractivity contribution in [2.24, 2.45) is 0 Å². The molecule has 0 aliphatic carbocycles. The number of benzene rings is 1. The first-order valence-electron chi connectivity index (χ1n) is 7.93. The number of carbonyl (C=O) groups excluding carboxylic acids is 2. The summed E-state index contributed by atoms with van der Waals surface area (Å²) in [6.45, 7) is 3.01. The highest BCUT2D eigenvalue weighted by Crippen LogP contribution is 2.29. The minimum absolute atomic E-state index is 0.0790. The lowest BCUT2D eigenvalue weighted by Gasteiger charge is -2.26. The average Bonchev–Trinajstić information content (AvgIpc) is 3.08. The topological polar surface area (TPSA) is 86.7 Å². The lowest BCUT2D eigenvalue weighted by molar-refractivity contribution is -0.141. The van der Waals surface area contributed by atoms with E-state index in [9.17, 15) is 23.9 Å². The van der Waals surface area contributed by atoms with Crippen LogP contribution in [0.1, 0.15) is 23.5 Å². The maximum atomic E-state index is 13.0. The molecule has 0 aliphatic heterocycles. The van der Waals surface area contributed by atoms with Crippen LogP contribution in [0.15, 0.2) is 36.4 Å². The van der Waals surface area contributed by atoms with E-state index in [-0.39, 0.29) is 24.8 Å². The highest BCUT2D eigenvalue weighted by atomic mass is 32.1. The van der Waals surface area contributed by atoms with Crippen LogP contribution in [0.4, 0.5) is 4.39 Å². The molecule has 26 heavy (non-hydrogen) atoms. The smallest absolute Gasteiger partial charge is 0.326 e. The van der Waals surface area contributed by atoms with Crippen LogP contribution in [0.5, 0.6) is 0 Å². The predicted molar refractivity (Wildman–Crippen MR) is 96.5 cm³/mol. The van der Waals surface area contributed by atoms with Crippen LogP contribution < -0.4 is 5.32 Å². The van der Waals surface area contributed by atoms with Gasteiger partial charge in [0, 0.05) is 24.9 Å². The highest BCUT2D eigenvalue weighted by molar-refractivity contribution is 7.17. The van der Waals surface area contributed by atoms with Crippen LogP contribution in [0.3, 0.4) is 0 Å². The van der Waals surface area contributed by atoms with Crippen molar-refractivity contribution in [3.63, 3.8) is 0 Å². The summed E-state index contributed by atoms with van der Waals surface area (Å²) in [4.78, 5) is 37.4. The molecule has 1 aromatic heterocycles. The van der Waals surface area contributed by atoms with Gasteiger partial charge in [-0.15, -0.1) is 11.3 Å². The molecule has 2 amide bonds. The molecule has 8 heteroatoms. The first-order chi connectivity index (χ1) is 12.3. The summed E-state index contributed by atoms with van der Waals surface area (Å²) < 4.78 is 13.0. The minimum atomic E-state index is -1.13. The van der Waals surface area contributed by atoms with Gasteiger partial charge in [-0.2, -0.15) is 0 Å². The fraction of sp³-hybridized carbons (Fsp3) is 0.278. The molecule has 0 saturated carbocycles. The van der Waals surface area contributed by atoms with Crippen molar-refractivity contribution in [1.29, 1.82) is 0 Å². The van der Waals surface area contributed by atoms with Crippen molar-refractivity contribution < 1.29 is 23.9 Å². The molecule has 1 aromatic carbocycles. The van der Waals surface area contributed by atoms with E-state index in [4.69, 9.17) is 0 Å². The molecule has 1 atom stereocenters. The molecular formula is C18H19FN2O4S. The van der Waals surface area contributed by atoms with Crippen molar-refractivity contribution in [1.82, 2.24) is 10.2 Å². The number of hydrogen-bond donors (Lipinski definition) is 2. The zero-order valence-corrected chi connectivity index (χ0v) is 15.2. The van der Waals surface area contributed by atoms with Gasteiger partial charge in [0.05, 0.1) is 4.88 Å². The molecule has 138 valence electrons. The number of carbonyl (C=O) groups is 3. The maximum absolute atomic E-state index is 13.0. The summed E-state index contributed by atoms with van der Waals surface area (Å²) in [5, 5.41) is 11.8. The fourth-order valence-electron chi connectivity index (χ4n) is 2.32. The largest absolute Gasteiger partial charge is 0.480 e. The molecule has 0 spiro atoms. The molecule has 2 aromatic rings. The predicted octanol–water partition coefficient (Wildman–Crippen LogP) is 2.61. The fourth-order valence-corrected chi connectivity index (χ4v) is 3.29. The normalized spacial score (nSPS) is 11.7. The van der Waals surface area contributed by atoms with Gasteiger partial charge < -0.3 is 15.3 Å². The summed E-state index contributed by atoms with van der Waals surface area (Å²) in [5.41, 5.74) is 0.770. The number of carboxylic acid groups (broad SMARTS) is 1. The molecule has 2 N–H and O–H groups in total. The molecule has 0 radical (unpaired) electrons. The third kappa shape index (κ3) is 4.89. The Kier molecular flexibility index (Phi) is 6.46. The van der Waals surface area contributed by atoms with E-state index in [2.05, 4.69) is 5.32 Å². The van der Waals surface area contributed by atoms with E-state index in [1.807, 2.05) is 0 Å². The van der Waals surface area contributed by atoms with Gasteiger partial charge in [0.25, 0.3) is 5.91 Å². The summed E-state index contributed by atoms with van der Waals surface area (Å²) in [5.74, 6) is -2.16. The number of amides is 2. The Hall–Kier alpha value is -2.74. The van der Waals surface area contributed by atoms with Crippen molar-refractivity contribution in [2.75, 3.05) is 13.1 Å². The zero-order chi connectivity index (χ0) is 19.3. The van der Waals surface area contributed by atoms with Crippen LogP contribution in [0, 0.1) is 5.82 Å². The van der Waals surface area contributed by atoms with Gasteiger partial charge >= 0.3 is 5.97 Å². The molecule has 1 unspecified atom stereocenters. The Labute approximate surface area is 154 Å². The zero-order valence-electron chi connectivity index (χ0n) is 14.4. The van der Waals surface area contributed by atoms with Crippen LogP contribution in [0.25, 0.3) is 10.4 Å². The summed E-state index contributed by atoms with van der Waals surface area (Å²) in [6, 6.07) is 8.22. The van der Waals surface area contributed by atoms with Crippen LogP contribution >= 0.6 is 11.3 Å². The highest BCUT2D eigenvalue weighted by Gasteiger charge is 2.27. The van der Waals surface area contributed by atoms with Crippen molar-refractivity contribution in [3.05, 3.63) is 47.1 Å². The Morgan fingerprint density at radius 1 is 1.19 bits per heavy atom. The van der Waals surface area contributed by atoms with E-state index >= 15 is 0 Å². The van der Waals surface area contributed by atoms with Crippen LogP contribution in [-0.4, -0.2) is 46.9 Å². The second-order valence-corrected chi connectivity index (χ2v) is 6.75. The number of rotatable bonds is 7. The number of nitrogens with zero attached hydrogens (tertiary/aromatic N) is 1. The Bertz CT molecular complexity index is 804. The summed E-state index contributed by atoms with van der Waals surface area (Å²) in [6.07, 6.45) is 0. The number of carboxylic acids is 1. The van der Waals surface area contributed by atoms with Crippen LogP contribution in [0.2, 0.25) is 0 Å². The van der Waals surface area contributed by atoms with Gasteiger partial charge in [0.2, 0.25) is 5.91 Å². The van der Waals surface area contributed by atoms with E-state index in [1.54, 1.807) is 24.3 Å². The molecular weight excluding hydrogens is 359 g/mol. The second-order valence-electron chi connectivity index (χ2n) is 5.67. The van der Waals surface area contributed by atoms with Gasteiger partial charge in [-0.25, -0.2) is 9.18 Å². The van der Waals surface area contributed by atoms with E-state index in [1.165, 1.54) is 42.2 Å². The second kappa shape index (κ2) is 8.57. The first-order valence-corrected chi connectivity index (χ1v) is 8.75. The summed E-state index contributed by atoms with van der Waals surface area (Å²) >= 11 is 1.20. The first kappa shape index (κ1) is 19.6. The van der Waals surface area contributed by atoms with Gasteiger partial charge in [0.15, 0.2) is 0 Å². The van der Waals surface area contributed by atoms with Gasteiger partial charge in [-0.05, 0) is 36.8 Å². The van der Waals surface area contributed by atoms with E-state index in [0.717, 1.165) is 10.4 Å². The molecule has 0 aliphatic rings. The van der Waals surface area contributed by atoms with Crippen LogP contribution in [-0.2, 0) is 9.59 Å². The summed E-state index contributed by atoms with van der Waals surface area (Å²) in [7, 11) is 0. The maximum Gasteiger partial charge on any atom is 0.326 e. The monoisotopic (exact) mass is 378 g/mol. The van der Waals surface area contributed by atoms with Gasteiger partial charge in [-0.1, -0.05) is 12.1 Å². The number of nitrogens with one attached hydrogen (secondary N) is 1. The van der Waals surface area contributed by atoms with Crippen molar-refractivity contribution in [3.8, 4) is 10.4 Å². The third-order valence-electron chi connectivity index (χ3n) is 3.76. The molecule has 0 saturated heterocycles. The van der Waals surface area contributed by atoms with E-state index < -0.39 is 17.9 Å². The number of aliphatic carboxylic acids is 1. The van der Waals surface area contributed by atoms with E-state index in [0.29, 0.717) is 4.88 Å². The Balaban J connectivity index is 2.20. The quantitative estimate of drug-likeness (QED) is 0.775. The number of thiophene rings is 1. The number of halogens is 1. The SMILES string of the molecule is CC(=O)NCCN(C(=O)c1ccc(-c2ccc(F)cc2)s1)C(C)C(=O)O. The van der Waals surface area contributed by atoms with Gasteiger partial charge in [-0.3, -0.25) is 9.59 Å². The molecule has 0 fully saturated rings. The number of hydrogen-bond acceptors (Lipinski definition) is 4. The molecule has 2 rings (SSSR count).